The normalized spacial score (nSPS) is 26.1. The molecule has 6 heteroatoms. The van der Waals surface area contributed by atoms with E-state index in [0.717, 1.165) is 19.4 Å². The second-order valence-electron chi connectivity index (χ2n) is 5.33. The highest BCUT2D eigenvalue weighted by Gasteiger charge is 2.38. The van der Waals surface area contributed by atoms with Crippen LogP contribution in [0.4, 0.5) is 5.82 Å². The highest BCUT2D eigenvalue weighted by Crippen LogP contribution is 2.36. The number of fused-ring (bicyclic) bond motifs is 1. The topological polar surface area (TPSA) is 84.1 Å². The molecular weight excluding hydrogens is 242 g/mol. The van der Waals surface area contributed by atoms with E-state index in [1.807, 2.05) is 4.90 Å². The fraction of sp³-hybridized carbons (Fsp3) is 0.615. The van der Waals surface area contributed by atoms with Crippen LogP contribution in [0.25, 0.3) is 0 Å². The van der Waals surface area contributed by atoms with Gasteiger partial charge in [0.1, 0.15) is 5.69 Å². The van der Waals surface area contributed by atoms with Crippen molar-refractivity contribution in [3.8, 4) is 0 Å². The van der Waals surface area contributed by atoms with Crippen molar-refractivity contribution in [1.82, 2.24) is 14.9 Å². The minimum atomic E-state index is -0.0148. The molecule has 19 heavy (non-hydrogen) atoms. The molecular formula is C13H19N5O. The zero-order valence-corrected chi connectivity index (χ0v) is 10.9. The van der Waals surface area contributed by atoms with Crippen LogP contribution in [0.5, 0.6) is 0 Å². The Morgan fingerprint density at radius 3 is 3.00 bits per heavy atom. The van der Waals surface area contributed by atoms with Crippen LogP contribution in [-0.2, 0) is 0 Å². The standard InChI is InChI=1S/C13H19N5O/c14-17-12-8-15-7-10(16-12)13(19)18-6-5-9-3-1-2-4-11(9)18/h7-9,11H,1-6,14H2,(H,16,17). The van der Waals surface area contributed by atoms with Crippen LogP contribution in [0.3, 0.4) is 0 Å². The van der Waals surface area contributed by atoms with Crippen LogP contribution in [-0.4, -0.2) is 33.4 Å². The lowest BCUT2D eigenvalue weighted by atomic mass is 9.85. The molecule has 102 valence electrons. The van der Waals surface area contributed by atoms with Crippen LogP contribution in [0, 0.1) is 5.92 Å². The molecule has 0 radical (unpaired) electrons. The summed E-state index contributed by atoms with van der Waals surface area (Å²) >= 11 is 0. The largest absolute Gasteiger partial charge is 0.334 e. The molecule has 1 aromatic heterocycles. The average molecular weight is 261 g/mol. The van der Waals surface area contributed by atoms with Crippen molar-refractivity contribution in [1.29, 1.82) is 0 Å². The maximum Gasteiger partial charge on any atom is 0.274 e. The number of amides is 1. The van der Waals surface area contributed by atoms with Gasteiger partial charge in [-0.1, -0.05) is 12.8 Å². The number of hydrogen-bond donors (Lipinski definition) is 2. The van der Waals surface area contributed by atoms with E-state index in [1.54, 1.807) is 0 Å². The number of hydrazine groups is 1. The maximum absolute atomic E-state index is 12.5. The smallest absolute Gasteiger partial charge is 0.274 e. The van der Waals surface area contributed by atoms with Crippen LogP contribution in [0.2, 0.25) is 0 Å². The molecule has 2 aliphatic rings. The second kappa shape index (κ2) is 5.13. The van der Waals surface area contributed by atoms with Crippen LogP contribution in [0.1, 0.15) is 42.6 Å². The van der Waals surface area contributed by atoms with Gasteiger partial charge in [0.2, 0.25) is 0 Å². The lowest BCUT2D eigenvalue weighted by Gasteiger charge is -2.31. The Hall–Kier alpha value is -1.69. The zero-order valence-electron chi connectivity index (χ0n) is 10.9. The molecule has 3 N–H and O–H groups in total. The number of hydrogen-bond acceptors (Lipinski definition) is 5. The highest BCUT2D eigenvalue weighted by molar-refractivity contribution is 5.92. The Morgan fingerprint density at radius 1 is 1.32 bits per heavy atom. The fourth-order valence-corrected chi connectivity index (χ4v) is 3.34. The van der Waals surface area contributed by atoms with Gasteiger partial charge in [0, 0.05) is 12.6 Å². The SMILES string of the molecule is NNc1cncc(C(=O)N2CCC3CCCCC32)n1. The summed E-state index contributed by atoms with van der Waals surface area (Å²) in [6.45, 7) is 0.843. The fourth-order valence-electron chi connectivity index (χ4n) is 3.34. The lowest BCUT2D eigenvalue weighted by molar-refractivity contribution is 0.0684. The predicted octanol–water partition coefficient (Wildman–Crippen LogP) is 1.17. The molecule has 1 saturated heterocycles. The van der Waals surface area contributed by atoms with Gasteiger partial charge in [-0.15, -0.1) is 0 Å². The van der Waals surface area contributed by atoms with Crippen molar-refractivity contribution >= 4 is 11.7 Å². The Bertz CT molecular complexity index is 478. The van der Waals surface area contributed by atoms with E-state index in [0.29, 0.717) is 23.5 Å². The lowest BCUT2D eigenvalue weighted by Crippen LogP contribution is -2.39. The number of carbonyl (C=O) groups excluding carboxylic acids is 1. The van der Waals surface area contributed by atoms with E-state index in [1.165, 1.54) is 31.7 Å². The number of carbonyl (C=O) groups is 1. The van der Waals surface area contributed by atoms with Gasteiger partial charge in [-0.3, -0.25) is 9.78 Å². The third kappa shape index (κ3) is 2.28. The monoisotopic (exact) mass is 261 g/mol. The Morgan fingerprint density at radius 2 is 2.16 bits per heavy atom. The molecule has 1 aromatic rings. The summed E-state index contributed by atoms with van der Waals surface area (Å²) < 4.78 is 0. The Labute approximate surface area is 112 Å². The molecule has 6 nitrogen and oxygen atoms in total. The molecule has 0 aromatic carbocycles. The van der Waals surface area contributed by atoms with Gasteiger partial charge in [-0.05, 0) is 25.2 Å². The van der Waals surface area contributed by atoms with Gasteiger partial charge in [0.15, 0.2) is 5.82 Å². The van der Waals surface area contributed by atoms with Gasteiger partial charge >= 0.3 is 0 Å². The molecule has 1 amide bonds. The van der Waals surface area contributed by atoms with Gasteiger partial charge in [-0.25, -0.2) is 10.8 Å². The van der Waals surface area contributed by atoms with Gasteiger partial charge < -0.3 is 10.3 Å². The summed E-state index contributed by atoms with van der Waals surface area (Å²) in [7, 11) is 0. The minimum Gasteiger partial charge on any atom is -0.334 e. The molecule has 1 aliphatic carbocycles. The van der Waals surface area contributed by atoms with E-state index in [2.05, 4.69) is 15.4 Å². The number of aromatic nitrogens is 2. The number of nitrogens with zero attached hydrogens (tertiary/aromatic N) is 3. The van der Waals surface area contributed by atoms with E-state index >= 15 is 0 Å². The van der Waals surface area contributed by atoms with Crippen molar-refractivity contribution in [2.75, 3.05) is 12.0 Å². The van der Waals surface area contributed by atoms with E-state index in [9.17, 15) is 4.79 Å². The van der Waals surface area contributed by atoms with Crippen molar-refractivity contribution in [3.63, 3.8) is 0 Å². The molecule has 2 atom stereocenters. The second-order valence-corrected chi connectivity index (χ2v) is 5.33. The van der Waals surface area contributed by atoms with Crippen molar-refractivity contribution in [2.24, 2.45) is 11.8 Å². The molecule has 1 saturated carbocycles. The molecule has 1 aliphatic heterocycles. The highest BCUT2D eigenvalue weighted by atomic mass is 16.2. The number of rotatable bonds is 2. The molecule has 0 bridgehead atoms. The summed E-state index contributed by atoms with van der Waals surface area (Å²) in [5.74, 6) is 6.39. The third-order valence-corrected chi connectivity index (χ3v) is 4.27. The maximum atomic E-state index is 12.5. The minimum absolute atomic E-state index is 0.0148. The van der Waals surface area contributed by atoms with E-state index < -0.39 is 0 Å². The quantitative estimate of drug-likeness (QED) is 0.616. The summed E-state index contributed by atoms with van der Waals surface area (Å²) in [6, 6.07) is 0.401. The molecule has 2 unspecified atom stereocenters. The Kier molecular flexibility index (Phi) is 3.33. The summed E-state index contributed by atoms with van der Waals surface area (Å²) in [5, 5.41) is 0. The molecule has 3 rings (SSSR count). The average Bonchev–Trinajstić information content (AvgIpc) is 2.90. The van der Waals surface area contributed by atoms with Crippen molar-refractivity contribution in [2.45, 2.75) is 38.1 Å². The molecule has 2 heterocycles. The van der Waals surface area contributed by atoms with E-state index in [-0.39, 0.29) is 5.91 Å². The number of anilines is 1. The van der Waals surface area contributed by atoms with Gasteiger partial charge in [0.05, 0.1) is 12.4 Å². The number of nitrogens with two attached hydrogens (primary N) is 1. The van der Waals surface area contributed by atoms with Crippen molar-refractivity contribution in [3.05, 3.63) is 18.1 Å². The summed E-state index contributed by atoms with van der Waals surface area (Å²) in [5.41, 5.74) is 2.80. The first-order valence-electron chi connectivity index (χ1n) is 6.89. The Balaban J connectivity index is 1.79. The first-order chi connectivity index (χ1) is 9.29. The summed E-state index contributed by atoms with van der Waals surface area (Å²) in [6.07, 6.45) is 9.04. The number of nitrogens with one attached hydrogen (secondary N) is 1. The van der Waals surface area contributed by atoms with Crippen LogP contribution in [0.15, 0.2) is 12.4 Å². The molecule has 0 spiro atoms. The molecule has 2 fully saturated rings. The van der Waals surface area contributed by atoms with Crippen LogP contribution < -0.4 is 11.3 Å². The van der Waals surface area contributed by atoms with Crippen molar-refractivity contribution < 1.29 is 4.79 Å². The predicted molar refractivity (Wildman–Crippen MR) is 71.2 cm³/mol. The third-order valence-electron chi connectivity index (χ3n) is 4.27. The van der Waals surface area contributed by atoms with E-state index in [4.69, 9.17) is 5.84 Å². The van der Waals surface area contributed by atoms with Crippen LogP contribution >= 0.6 is 0 Å². The first-order valence-corrected chi connectivity index (χ1v) is 6.89. The number of nitrogen functional groups attached to an aromatic ring is 1. The summed E-state index contributed by atoms with van der Waals surface area (Å²) in [4.78, 5) is 22.7. The van der Waals surface area contributed by atoms with Gasteiger partial charge in [0.25, 0.3) is 5.91 Å². The first kappa shape index (κ1) is 12.3. The zero-order chi connectivity index (χ0) is 13.2. The number of likely N-dealkylation sites (tertiary alicyclic amines) is 1. The van der Waals surface area contributed by atoms with Gasteiger partial charge in [-0.2, -0.15) is 0 Å².